The van der Waals surface area contributed by atoms with Crippen molar-refractivity contribution in [3.63, 3.8) is 0 Å². The van der Waals surface area contributed by atoms with E-state index in [9.17, 15) is 4.79 Å². The van der Waals surface area contributed by atoms with Crippen molar-refractivity contribution in [3.8, 4) is 0 Å². The molecule has 0 bridgehead atoms. The largest absolute Gasteiger partial charge is 0.465 e. The van der Waals surface area contributed by atoms with E-state index < -0.39 is 11.6 Å². The molecule has 1 aliphatic heterocycles. The Morgan fingerprint density at radius 3 is 2.13 bits per heavy atom. The number of nitrogens with zero attached hydrogens (tertiary/aromatic N) is 1. The lowest BCUT2D eigenvalue weighted by Gasteiger charge is -2.29. The predicted molar refractivity (Wildman–Crippen MR) is 87.6 cm³/mol. The molecule has 0 unspecified atom stereocenters. The number of carbonyl (C=O) groups is 1. The van der Waals surface area contributed by atoms with Gasteiger partial charge in [0.05, 0.1) is 6.61 Å². The fourth-order valence-corrected chi connectivity index (χ4v) is 3.14. The minimum Gasteiger partial charge on any atom is -0.465 e. The molecule has 4 heteroatoms. The molecule has 0 radical (unpaired) electrons. The summed E-state index contributed by atoms with van der Waals surface area (Å²) in [5.41, 5.74) is 1.39. The highest BCUT2D eigenvalue weighted by Gasteiger charge is 2.50. The molecule has 120 valence electrons. The maximum absolute atomic E-state index is 12.3. The fourth-order valence-electron chi connectivity index (χ4n) is 3.14. The Morgan fingerprint density at radius 1 is 1.13 bits per heavy atom. The molecule has 2 aromatic rings. The first-order valence-corrected chi connectivity index (χ1v) is 7.87. The van der Waals surface area contributed by atoms with E-state index in [2.05, 4.69) is 0 Å². The van der Waals surface area contributed by atoms with Crippen molar-refractivity contribution < 1.29 is 14.4 Å². The Hall–Kier alpha value is -2.17. The molecular weight excluding hydrogens is 290 g/mol. The van der Waals surface area contributed by atoms with Crippen LogP contribution in [-0.4, -0.2) is 30.7 Å². The van der Waals surface area contributed by atoms with E-state index >= 15 is 0 Å². The number of benzene rings is 2. The van der Waals surface area contributed by atoms with Gasteiger partial charge in [0.15, 0.2) is 0 Å². The average Bonchev–Trinajstić information content (AvgIpc) is 2.96. The summed E-state index contributed by atoms with van der Waals surface area (Å²) in [5, 5.41) is 1.62. The van der Waals surface area contributed by atoms with Gasteiger partial charge in [-0.1, -0.05) is 60.7 Å². The van der Waals surface area contributed by atoms with Crippen molar-refractivity contribution in [3.05, 3.63) is 71.8 Å². The third kappa shape index (κ3) is 2.87. The third-order valence-electron chi connectivity index (χ3n) is 4.26. The minimum atomic E-state index is -0.672. The standard InChI is InChI=1S/C19H21NO3/c1-3-22-18(21)17-14-19(23-20(17)2,15-10-6-4-7-11-15)16-12-8-5-9-13-16/h4-13,17H,3,14H2,1-2H3/t17-/m0/s1. The number of likely N-dealkylation sites (N-methyl/N-ethyl adjacent to an activating group) is 1. The predicted octanol–water partition coefficient (Wildman–Crippen LogP) is 3.13. The van der Waals surface area contributed by atoms with Crippen molar-refractivity contribution >= 4 is 5.97 Å². The highest BCUT2D eigenvalue weighted by atomic mass is 16.7. The number of carbonyl (C=O) groups excluding carboxylic acids is 1. The van der Waals surface area contributed by atoms with Gasteiger partial charge in [0.2, 0.25) is 0 Å². The number of hydrogen-bond donors (Lipinski definition) is 0. The molecule has 23 heavy (non-hydrogen) atoms. The summed E-state index contributed by atoms with van der Waals surface area (Å²) in [7, 11) is 1.79. The second kappa shape index (κ2) is 6.52. The van der Waals surface area contributed by atoms with E-state index in [1.807, 2.05) is 67.6 Å². The van der Waals surface area contributed by atoms with Crippen LogP contribution in [0, 0.1) is 0 Å². The highest BCUT2D eigenvalue weighted by Crippen LogP contribution is 2.44. The van der Waals surface area contributed by atoms with Crippen molar-refractivity contribution in [1.82, 2.24) is 5.06 Å². The first kappa shape index (κ1) is 15.7. The van der Waals surface area contributed by atoms with Crippen LogP contribution in [0.5, 0.6) is 0 Å². The maximum Gasteiger partial charge on any atom is 0.325 e. The Labute approximate surface area is 136 Å². The number of esters is 1. The van der Waals surface area contributed by atoms with E-state index in [0.29, 0.717) is 13.0 Å². The van der Waals surface area contributed by atoms with Gasteiger partial charge in [0, 0.05) is 13.5 Å². The van der Waals surface area contributed by atoms with Gasteiger partial charge in [-0.05, 0) is 18.1 Å². The van der Waals surface area contributed by atoms with Gasteiger partial charge < -0.3 is 4.74 Å². The fraction of sp³-hybridized carbons (Fsp3) is 0.316. The second-order valence-electron chi connectivity index (χ2n) is 5.67. The number of ether oxygens (including phenoxy) is 1. The Balaban J connectivity index is 2.04. The Kier molecular flexibility index (Phi) is 4.46. The molecule has 0 N–H and O–H groups in total. The lowest BCUT2D eigenvalue weighted by atomic mass is 9.82. The van der Waals surface area contributed by atoms with Crippen molar-refractivity contribution in [1.29, 1.82) is 0 Å². The van der Waals surface area contributed by atoms with Crippen LogP contribution < -0.4 is 0 Å². The van der Waals surface area contributed by atoms with Gasteiger partial charge in [0.1, 0.15) is 11.6 Å². The van der Waals surface area contributed by atoms with Gasteiger partial charge in [-0.15, -0.1) is 0 Å². The van der Waals surface area contributed by atoms with E-state index in [-0.39, 0.29) is 5.97 Å². The van der Waals surface area contributed by atoms with Crippen LogP contribution >= 0.6 is 0 Å². The summed E-state index contributed by atoms with van der Waals surface area (Å²) in [4.78, 5) is 18.5. The van der Waals surface area contributed by atoms with E-state index in [1.54, 1.807) is 12.1 Å². The van der Waals surface area contributed by atoms with Crippen molar-refractivity contribution in [2.24, 2.45) is 0 Å². The molecule has 4 nitrogen and oxygen atoms in total. The molecule has 3 rings (SSSR count). The summed E-state index contributed by atoms with van der Waals surface area (Å²) >= 11 is 0. The molecule has 1 aliphatic rings. The molecule has 1 atom stereocenters. The zero-order chi connectivity index (χ0) is 16.3. The molecule has 2 aromatic carbocycles. The summed E-state index contributed by atoms with van der Waals surface area (Å²) in [6, 6.07) is 19.6. The number of hydrogen-bond acceptors (Lipinski definition) is 4. The average molecular weight is 311 g/mol. The van der Waals surface area contributed by atoms with Crippen LogP contribution in [0.25, 0.3) is 0 Å². The van der Waals surface area contributed by atoms with Crippen LogP contribution in [0.4, 0.5) is 0 Å². The van der Waals surface area contributed by atoms with Crippen LogP contribution in [0.3, 0.4) is 0 Å². The topological polar surface area (TPSA) is 38.8 Å². The number of hydroxylamine groups is 2. The normalized spacial score (nSPS) is 20.3. The monoisotopic (exact) mass is 311 g/mol. The van der Waals surface area contributed by atoms with Crippen LogP contribution in [0.1, 0.15) is 24.5 Å². The molecule has 1 heterocycles. The quantitative estimate of drug-likeness (QED) is 0.813. The lowest BCUT2D eigenvalue weighted by molar-refractivity contribution is -0.189. The van der Waals surface area contributed by atoms with Crippen molar-refractivity contribution in [2.45, 2.75) is 25.0 Å². The summed E-state index contributed by atoms with van der Waals surface area (Å²) in [6.45, 7) is 2.18. The first-order chi connectivity index (χ1) is 11.2. The van der Waals surface area contributed by atoms with Crippen LogP contribution in [0.15, 0.2) is 60.7 Å². The van der Waals surface area contributed by atoms with Gasteiger partial charge in [-0.2, -0.15) is 5.06 Å². The first-order valence-electron chi connectivity index (χ1n) is 7.87. The third-order valence-corrected chi connectivity index (χ3v) is 4.26. The smallest absolute Gasteiger partial charge is 0.325 e. The molecule has 1 fully saturated rings. The van der Waals surface area contributed by atoms with Gasteiger partial charge >= 0.3 is 5.97 Å². The molecule has 0 aliphatic carbocycles. The van der Waals surface area contributed by atoms with Crippen LogP contribution in [-0.2, 0) is 20.0 Å². The Morgan fingerprint density at radius 2 is 1.65 bits per heavy atom. The van der Waals surface area contributed by atoms with E-state index in [0.717, 1.165) is 11.1 Å². The second-order valence-corrected chi connectivity index (χ2v) is 5.67. The van der Waals surface area contributed by atoms with E-state index in [1.165, 1.54) is 0 Å². The molecule has 0 amide bonds. The molecule has 0 saturated carbocycles. The summed E-state index contributed by atoms with van der Waals surface area (Å²) in [5.74, 6) is -0.247. The maximum atomic E-state index is 12.3. The molecular formula is C19H21NO3. The highest BCUT2D eigenvalue weighted by molar-refractivity contribution is 5.76. The lowest BCUT2D eigenvalue weighted by Crippen LogP contribution is -2.33. The zero-order valence-corrected chi connectivity index (χ0v) is 13.4. The molecule has 0 aromatic heterocycles. The van der Waals surface area contributed by atoms with Gasteiger partial charge in [-0.3, -0.25) is 9.63 Å². The van der Waals surface area contributed by atoms with Gasteiger partial charge in [-0.25, -0.2) is 0 Å². The summed E-state index contributed by atoms with van der Waals surface area (Å²) < 4.78 is 5.20. The van der Waals surface area contributed by atoms with Crippen molar-refractivity contribution in [2.75, 3.05) is 13.7 Å². The molecule has 1 saturated heterocycles. The minimum absolute atomic E-state index is 0.247. The van der Waals surface area contributed by atoms with E-state index in [4.69, 9.17) is 9.57 Å². The zero-order valence-electron chi connectivity index (χ0n) is 13.4. The van der Waals surface area contributed by atoms with Gasteiger partial charge in [0.25, 0.3) is 0 Å². The number of rotatable bonds is 4. The molecule has 0 spiro atoms. The SMILES string of the molecule is CCOC(=O)[C@@H]1CC(c2ccccc2)(c2ccccc2)ON1C. The summed E-state index contributed by atoms with van der Waals surface area (Å²) in [6.07, 6.45) is 0.524. The Bertz CT molecular complexity index is 617. The van der Waals surface area contributed by atoms with Crippen LogP contribution in [0.2, 0.25) is 0 Å².